The number of nitrogens with two attached hydrogens (primary N) is 1. The van der Waals surface area contributed by atoms with Crippen molar-refractivity contribution in [1.29, 1.82) is 0 Å². The van der Waals surface area contributed by atoms with Crippen LogP contribution in [0.5, 0.6) is 0 Å². The van der Waals surface area contributed by atoms with E-state index in [1.165, 1.54) is 38.0 Å². The Hall–Kier alpha value is -1.23. The van der Waals surface area contributed by atoms with Crippen molar-refractivity contribution < 1.29 is 8.42 Å². The van der Waals surface area contributed by atoms with Crippen LogP contribution in [-0.2, 0) is 9.84 Å². The summed E-state index contributed by atoms with van der Waals surface area (Å²) in [5.74, 6) is 0. The van der Waals surface area contributed by atoms with Crippen LogP contribution >= 0.6 is 0 Å². The summed E-state index contributed by atoms with van der Waals surface area (Å²) in [6.45, 7) is 3.13. The van der Waals surface area contributed by atoms with Crippen LogP contribution in [0.4, 0.5) is 11.4 Å². The van der Waals surface area contributed by atoms with Gasteiger partial charge in [0.2, 0.25) is 0 Å². The summed E-state index contributed by atoms with van der Waals surface area (Å²) >= 11 is 0. The van der Waals surface area contributed by atoms with Crippen LogP contribution in [0.3, 0.4) is 0 Å². The predicted molar refractivity (Wildman–Crippen MR) is 79.0 cm³/mol. The largest absolute Gasteiger partial charge is 0.397 e. The minimum Gasteiger partial charge on any atom is -0.397 e. The zero-order valence-electron chi connectivity index (χ0n) is 11.6. The summed E-state index contributed by atoms with van der Waals surface area (Å²) in [5.41, 5.74) is 7.65. The molecule has 0 aromatic heterocycles. The van der Waals surface area contributed by atoms with Gasteiger partial charge in [-0.1, -0.05) is 13.3 Å². The third-order valence-corrected chi connectivity index (χ3v) is 5.38. The van der Waals surface area contributed by atoms with Gasteiger partial charge in [-0.15, -0.1) is 0 Å². The molecule has 1 saturated carbocycles. The zero-order valence-corrected chi connectivity index (χ0v) is 12.4. The number of hydrogen-bond acceptors (Lipinski definition) is 4. The van der Waals surface area contributed by atoms with Gasteiger partial charge in [0.05, 0.1) is 16.3 Å². The maximum Gasteiger partial charge on any atom is 0.175 e. The van der Waals surface area contributed by atoms with Gasteiger partial charge in [-0.05, 0) is 42.9 Å². The predicted octanol–water partition coefficient (Wildman–Crippen LogP) is 2.66. The molecular formula is C14H22N2O2S. The molecule has 4 nitrogen and oxygen atoms in total. The van der Waals surface area contributed by atoms with E-state index in [0.717, 1.165) is 12.2 Å². The van der Waals surface area contributed by atoms with Gasteiger partial charge in [-0.3, -0.25) is 0 Å². The van der Waals surface area contributed by atoms with Crippen molar-refractivity contribution in [2.45, 2.75) is 37.5 Å². The normalized spacial score (nSPS) is 17.8. The van der Waals surface area contributed by atoms with Crippen LogP contribution in [0, 0.1) is 5.41 Å². The molecule has 1 aromatic carbocycles. The number of nitrogen functional groups attached to an aromatic ring is 1. The first-order chi connectivity index (χ1) is 8.86. The van der Waals surface area contributed by atoms with Crippen LogP contribution in [0.25, 0.3) is 0 Å². The minimum absolute atomic E-state index is 0.268. The Morgan fingerprint density at radius 3 is 2.47 bits per heavy atom. The van der Waals surface area contributed by atoms with Gasteiger partial charge >= 0.3 is 0 Å². The molecule has 5 heteroatoms. The molecule has 106 valence electrons. The molecular weight excluding hydrogens is 260 g/mol. The first kappa shape index (κ1) is 14.2. The number of nitrogens with one attached hydrogen (secondary N) is 1. The second kappa shape index (κ2) is 5.04. The molecule has 0 unspecified atom stereocenters. The van der Waals surface area contributed by atoms with Crippen molar-refractivity contribution in [1.82, 2.24) is 0 Å². The Morgan fingerprint density at radius 2 is 2.05 bits per heavy atom. The molecule has 1 fully saturated rings. The lowest BCUT2D eigenvalue weighted by atomic mass is 9.67. The molecule has 0 heterocycles. The summed E-state index contributed by atoms with van der Waals surface area (Å²) in [6, 6.07) is 4.89. The van der Waals surface area contributed by atoms with Crippen molar-refractivity contribution >= 4 is 21.2 Å². The molecule has 0 bridgehead atoms. The molecule has 0 spiro atoms. The van der Waals surface area contributed by atoms with Gasteiger partial charge in [-0.2, -0.15) is 0 Å². The van der Waals surface area contributed by atoms with Crippen molar-refractivity contribution in [2.75, 3.05) is 23.9 Å². The van der Waals surface area contributed by atoms with Crippen LogP contribution < -0.4 is 11.1 Å². The molecule has 1 aromatic rings. The highest BCUT2D eigenvalue weighted by Gasteiger charge is 2.34. The van der Waals surface area contributed by atoms with Crippen LogP contribution in [0.2, 0.25) is 0 Å². The number of anilines is 2. The van der Waals surface area contributed by atoms with Crippen LogP contribution in [-0.4, -0.2) is 21.2 Å². The number of rotatable bonds is 5. The first-order valence-electron chi connectivity index (χ1n) is 6.70. The molecule has 1 aliphatic carbocycles. The van der Waals surface area contributed by atoms with E-state index in [-0.39, 0.29) is 4.90 Å². The van der Waals surface area contributed by atoms with Gasteiger partial charge in [0.1, 0.15) is 0 Å². The van der Waals surface area contributed by atoms with Crippen molar-refractivity contribution in [2.24, 2.45) is 5.41 Å². The molecule has 19 heavy (non-hydrogen) atoms. The molecule has 3 N–H and O–H groups in total. The maximum absolute atomic E-state index is 11.4. The molecule has 2 rings (SSSR count). The highest BCUT2D eigenvalue weighted by atomic mass is 32.2. The van der Waals surface area contributed by atoms with E-state index in [1.54, 1.807) is 12.1 Å². The SMILES string of the molecule is CCC1(CNc2ccc(S(C)(=O)=O)cc2N)CCC1. The second-order valence-electron chi connectivity index (χ2n) is 5.58. The third kappa shape index (κ3) is 3.03. The van der Waals surface area contributed by atoms with Gasteiger partial charge < -0.3 is 11.1 Å². The van der Waals surface area contributed by atoms with Crippen LogP contribution in [0.15, 0.2) is 23.1 Å². The van der Waals surface area contributed by atoms with Gasteiger partial charge in [0.15, 0.2) is 9.84 Å². The van der Waals surface area contributed by atoms with E-state index in [2.05, 4.69) is 12.2 Å². The van der Waals surface area contributed by atoms with E-state index < -0.39 is 9.84 Å². The monoisotopic (exact) mass is 282 g/mol. The first-order valence-corrected chi connectivity index (χ1v) is 8.59. The molecule has 0 atom stereocenters. The fraction of sp³-hybridized carbons (Fsp3) is 0.571. The van der Waals surface area contributed by atoms with Crippen LogP contribution in [0.1, 0.15) is 32.6 Å². The summed E-state index contributed by atoms with van der Waals surface area (Å²) in [4.78, 5) is 0.268. The fourth-order valence-electron chi connectivity index (χ4n) is 2.55. The van der Waals surface area contributed by atoms with E-state index in [0.29, 0.717) is 11.1 Å². The summed E-state index contributed by atoms with van der Waals surface area (Å²) in [6.07, 6.45) is 6.18. The third-order valence-electron chi connectivity index (χ3n) is 4.27. The van der Waals surface area contributed by atoms with E-state index in [1.807, 2.05) is 0 Å². The molecule has 0 amide bonds. The van der Waals surface area contributed by atoms with Gasteiger partial charge in [0, 0.05) is 12.8 Å². The van der Waals surface area contributed by atoms with E-state index >= 15 is 0 Å². The number of hydrogen-bond donors (Lipinski definition) is 2. The fourth-order valence-corrected chi connectivity index (χ4v) is 3.20. The highest BCUT2D eigenvalue weighted by molar-refractivity contribution is 7.90. The van der Waals surface area contributed by atoms with E-state index in [9.17, 15) is 8.42 Å². The molecule has 0 aliphatic heterocycles. The minimum atomic E-state index is -3.19. The van der Waals surface area contributed by atoms with Crippen molar-refractivity contribution in [3.8, 4) is 0 Å². The molecule has 0 radical (unpaired) electrons. The highest BCUT2D eigenvalue weighted by Crippen LogP contribution is 2.43. The average Bonchev–Trinajstić information content (AvgIpc) is 2.28. The van der Waals surface area contributed by atoms with Gasteiger partial charge in [-0.25, -0.2) is 8.42 Å². The standard InChI is InChI=1S/C14H22N2O2S/c1-3-14(7-4-8-14)10-16-13-6-5-11(9-12(13)15)19(2,17)18/h5-6,9,16H,3-4,7-8,10,15H2,1-2H3. The summed E-state index contributed by atoms with van der Waals surface area (Å²) in [7, 11) is -3.19. The second-order valence-corrected chi connectivity index (χ2v) is 7.60. The Balaban J connectivity index is 2.10. The van der Waals surface area contributed by atoms with E-state index in [4.69, 9.17) is 5.73 Å². The van der Waals surface area contributed by atoms with Crippen molar-refractivity contribution in [3.05, 3.63) is 18.2 Å². The topological polar surface area (TPSA) is 72.2 Å². The van der Waals surface area contributed by atoms with Crippen molar-refractivity contribution in [3.63, 3.8) is 0 Å². The Bertz CT molecular complexity index is 557. The zero-order chi connectivity index (χ0) is 14.1. The lowest BCUT2D eigenvalue weighted by molar-refractivity contribution is 0.145. The van der Waals surface area contributed by atoms with Gasteiger partial charge in [0.25, 0.3) is 0 Å². The Labute approximate surface area is 115 Å². The Morgan fingerprint density at radius 1 is 1.37 bits per heavy atom. The molecule has 0 saturated heterocycles. The molecule has 1 aliphatic rings. The number of benzene rings is 1. The summed E-state index contributed by atoms with van der Waals surface area (Å²) in [5, 5.41) is 3.37. The Kier molecular flexibility index (Phi) is 3.76. The maximum atomic E-state index is 11.4. The quantitative estimate of drug-likeness (QED) is 0.814. The lowest BCUT2D eigenvalue weighted by Gasteiger charge is -2.41. The smallest absolute Gasteiger partial charge is 0.175 e. The number of sulfone groups is 1. The lowest BCUT2D eigenvalue weighted by Crippen LogP contribution is -2.35. The summed E-state index contributed by atoms with van der Waals surface area (Å²) < 4.78 is 22.9. The average molecular weight is 282 g/mol.